The van der Waals surface area contributed by atoms with Gasteiger partial charge in [0.1, 0.15) is 24.7 Å². The van der Waals surface area contributed by atoms with Gasteiger partial charge in [-0.3, -0.25) is 5.10 Å². The zero-order valence-corrected chi connectivity index (χ0v) is 17.8. The summed E-state index contributed by atoms with van der Waals surface area (Å²) in [6.45, 7) is 5.12. The number of aromatic amines is 1. The number of nitrogens with zero attached hydrogens (tertiary/aromatic N) is 2. The molecule has 3 aromatic rings. The van der Waals surface area contributed by atoms with Crippen molar-refractivity contribution >= 4 is 0 Å². The van der Waals surface area contributed by atoms with Crippen LogP contribution in [0.15, 0.2) is 54.7 Å². The molecule has 6 heteroatoms. The molecule has 0 aliphatic rings. The van der Waals surface area contributed by atoms with Gasteiger partial charge in [-0.25, -0.2) is 0 Å². The van der Waals surface area contributed by atoms with Gasteiger partial charge in [0.2, 0.25) is 0 Å². The smallest absolute Gasteiger partial charge is 0.122 e. The van der Waals surface area contributed by atoms with Crippen molar-refractivity contribution in [2.45, 2.75) is 32.9 Å². The van der Waals surface area contributed by atoms with Crippen molar-refractivity contribution in [3.05, 3.63) is 65.9 Å². The molecule has 6 nitrogen and oxygen atoms in total. The van der Waals surface area contributed by atoms with Crippen LogP contribution in [0.3, 0.4) is 0 Å². The van der Waals surface area contributed by atoms with Crippen molar-refractivity contribution in [2.75, 3.05) is 26.8 Å². The quantitative estimate of drug-likeness (QED) is 0.438. The number of aliphatic hydroxyl groups excluding tert-OH is 1. The molecular weight excluding hydrogens is 378 g/mol. The van der Waals surface area contributed by atoms with Crippen LogP contribution in [0.25, 0.3) is 11.3 Å². The SMILES string of the molecule is CCCCN(C)Cc1cn[nH]c1-c1ccc(OCCOc2ccc(CO)cc2)cc1. The van der Waals surface area contributed by atoms with Gasteiger partial charge in [0.15, 0.2) is 0 Å². The van der Waals surface area contributed by atoms with Gasteiger partial charge < -0.3 is 19.5 Å². The Kier molecular flexibility index (Phi) is 8.30. The van der Waals surface area contributed by atoms with E-state index in [0.717, 1.165) is 41.4 Å². The molecule has 0 amide bonds. The largest absolute Gasteiger partial charge is 0.490 e. The normalized spacial score (nSPS) is 11.1. The van der Waals surface area contributed by atoms with Gasteiger partial charge in [0, 0.05) is 17.7 Å². The molecule has 0 aliphatic heterocycles. The van der Waals surface area contributed by atoms with Gasteiger partial charge in [0.05, 0.1) is 18.5 Å². The van der Waals surface area contributed by atoms with Crippen LogP contribution in [0.1, 0.15) is 30.9 Å². The highest BCUT2D eigenvalue weighted by atomic mass is 16.5. The number of H-pyrrole nitrogens is 1. The minimum Gasteiger partial charge on any atom is -0.490 e. The van der Waals surface area contributed by atoms with Crippen LogP contribution in [0.5, 0.6) is 11.5 Å². The summed E-state index contributed by atoms with van der Waals surface area (Å²) in [6.07, 6.45) is 4.31. The van der Waals surface area contributed by atoms with E-state index in [1.807, 2.05) is 54.7 Å². The number of hydrogen-bond acceptors (Lipinski definition) is 5. The van der Waals surface area contributed by atoms with Crippen LogP contribution >= 0.6 is 0 Å². The summed E-state index contributed by atoms with van der Waals surface area (Å²) in [4.78, 5) is 2.33. The van der Waals surface area contributed by atoms with Crippen LogP contribution < -0.4 is 9.47 Å². The highest BCUT2D eigenvalue weighted by Gasteiger charge is 2.10. The fourth-order valence-corrected chi connectivity index (χ4v) is 3.21. The first-order valence-corrected chi connectivity index (χ1v) is 10.5. The number of aliphatic hydroxyl groups is 1. The van der Waals surface area contributed by atoms with Crippen molar-refractivity contribution in [2.24, 2.45) is 0 Å². The summed E-state index contributed by atoms with van der Waals surface area (Å²) < 4.78 is 11.5. The number of nitrogens with one attached hydrogen (secondary N) is 1. The van der Waals surface area contributed by atoms with Crippen LogP contribution in [0.2, 0.25) is 0 Å². The standard InChI is InChI=1S/C24H31N3O3/c1-3-4-13-27(2)17-21-16-25-26-24(21)20-7-11-23(12-8-20)30-15-14-29-22-9-5-19(18-28)6-10-22/h5-12,16,28H,3-4,13-15,17-18H2,1-2H3,(H,25,26). The van der Waals surface area contributed by atoms with Crippen LogP contribution in [0, 0.1) is 0 Å². The highest BCUT2D eigenvalue weighted by molar-refractivity contribution is 5.63. The van der Waals surface area contributed by atoms with Crippen molar-refractivity contribution < 1.29 is 14.6 Å². The maximum atomic E-state index is 9.06. The fourth-order valence-electron chi connectivity index (χ4n) is 3.21. The van der Waals surface area contributed by atoms with E-state index in [1.54, 1.807) is 0 Å². The Hall–Kier alpha value is -2.83. The van der Waals surface area contributed by atoms with Crippen molar-refractivity contribution in [1.82, 2.24) is 15.1 Å². The van der Waals surface area contributed by atoms with E-state index in [9.17, 15) is 0 Å². The van der Waals surface area contributed by atoms with E-state index in [1.165, 1.54) is 18.4 Å². The van der Waals surface area contributed by atoms with E-state index in [0.29, 0.717) is 13.2 Å². The molecule has 1 heterocycles. The molecule has 1 aromatic heterocycles. The Bertz CT molecular complexity index is 875. The van der Waals surface area contributed by atoms with Gasteiger partial charge >= 0.3 is 0 Å². The second-order valence-electron chi connectivity index (χ2n) is 7.38. The lowest BCUT2D eigenvalue weighted by molar-refractivity contribution is 0.217. The third kappa shape index (κ3) is 6.34. The molecule has 0 saturated heterocycles. The van der Waals surface area contributed by atoms with Gasteiger partial charge in [-0.15, -0.1) is 0 Å². The summed E-state index contributed by atoms with van der Waals surface area (Å²) >= 11 is 0. The van der Waals surface area contributed by atoms with Crippen LogP contribution in [-0.2, 0) is 13.2 Å². The Morgan fingerprint density at radius 2 is 1.60 bits per heavy atom. The zero-order chi connectivity index (χ0) is 21.2. The number of aromatic nitrogens is 2. The molecule has 0 atom stereocenters. The summed E-state index contributed by atoms with van der Waals surface area (Å²) in [6, 6.07) is 15.4. The number of ether oxygens (including phenoxy) is 2. The number of unbranched alkanes of at least 4 members (excludes halogenated alkanes) is 1. The Morgan fingerprint density at radius 1 is 0.967 bits per heavy atom. The van der Waals surface area contributed by atoms with E-state index in [2.05, 4.69) is 29.1 Å². The second kappa shape index (κ2) is 11.4. The number of benzene rings is 2. The highest BCUT2D eigenvalue weighted by Crippen LogP contribution is 2.24. The first kappa shape index (κ1) is 21.9. The minimum atomic E-state index is 0.0367. The molecule has 0 aliphatic carbocycles. The number of hydrogen-bond donors (Lipinski definition) is 2. The lowest BCUT2D eigenvalue weighted by atomic mass is 10.1. The first-order chi connectivity index (χ1) is 14.7. The summed E-state index contributed by atoms with van der Waals surface area (Å²) in [5.74, 6) is 1.57. The maximum Gasteiger partial charge on any atom is 0.122 e. The molecule has 2 N–H and O–H groups in total. The third-order valence-corrected chi connectivity index (χ3v) is 4.92. The van der Waals surface area contributed by atoms with Gasteiger partial charge in [-0.1, -0.05) is 25.5 Å². The average Bonchev–Trinajstić information content (AvgIpc) is 3.24. The average molecular weight is 410 g/mol. The minimum absolute atomic E-state index is 0.0367. The molecular formula is C24H31N3O3. The molecule has 0 fully saturated rings. The van der Waals surface area contributed by atoms with Gasteiger partial charge in [-0.05, 0) is 62.0 Å². The zero-order valence-electron chi connectivity index (χ0n) is 17.8. The fraction of sp³-hybridized carbons (Fsp3) is 0.375. The summed E-state index contributed by atoms with van der Waals surface area (Å²) in [7, 11) is 2.15. The van der Waals surface area contributed by atoms with Crippen LogP contribution in [0.4, 0.5) is 0 Å². The third-order valence-electron chi connectivity index (χ3n) is 4.92. The van der Waals surface area contributed by atoms with Gasteiger partial charge in [0.25, 0.3) is 0 Å². The second-order valence-corrected chi connectivity index (χ2v) is 7.38. The molecule has 2 aromatic carbocycles. The molecule has 160 valence electrons. The van der Waals surface area contributed by atoms with Crippen molar-refractivity contribution in [1.29, 1.82) is 0 Å². The predicted octanol–water partition coefficient (Wildman–Crippen LogP) is 4.26. The molecule has 0 bridgehead atoms. The predicted molar refractivity (Wildman–Crippen MR) is 119 cm³/mol. The lowest BCUT2D eigenvalue weighted by Crippen LogP contribution is -2.19. The topological polar surface area (TPSA) is 70.6 Å². The Labute approximate surface area is 178 Å². The van der Waals surface area contributed by atoms with E-state index in [4.69, 9.17) is 14.6 Å². The summed E-state index contributed by atoms with van der Waals surface area (Å²) in [5, 5.41) is 16.4. The van der Waals surface area contributed by atoms with Crippen molar-refractivity contribution in [3.8, 4) is 22.8 Å². The monoisotopic (exact) mass is 409 g/mol. The Morgan fingerprint density at radius 3 is 2.20 bits per heavy atom. The maximum absolute atomic E-state index is 9.06. The van der Waals surface area contributed by atoms with Crippen molar-refractivity contribution in [3.63, 3.8) is 0 Å². The van der Waals surface area contributed by atoms with E-state index >= 15 is 0 Å². The molecule has 0 radical (unpaired) electrons. The molecule has 0 spiro atoms. The first-order valence-electron chi connectivity index (χ1n) is 10.5. The Balaban J connectivity index is 1.48. The van der Waals surface area contributed by atoms with E-state index < -0.39 is 0 Å². The molecule has 0 unspecified atom stereocenters. The summed E-state index contributed by atoms with van der Waals surface area (Å²) in [5.41, 5.74) is 4.22. The lowest BCUT2D eigenvalue weighted by Gasteiger charge is -2.16. The molecule has 0 saturated carbocycles. The molecule has 3 rings (SSSR count). The van der Waals surface area contributed by atoms with Crippen LogP contribution in [-0.4, -0.2) is 47.0 Å². The van der Waals surface area contributed by atoms with E-state index in [-0.39, 0.29) is 6.61 Å². The molecule has 30 heavy (non-hydrogen) atoms. The van der Waals surface area contributed by atoms with Gasteiger partial charge in [-0.2, -0.15) is 5.10 Å². The number of rotatable bonds is 12.